The Hall–Kier alpha value is -1.46. The van der Waals surface area contributed by atoms with Crippen molar-refractivity contribution in [3.05, 3.63) is 18.2 Å². The second-order valence-corrected chi connectivity index (χ2v) is 7.03. The highest BCUT2D eigenvalue weighted by Gasteiger charge is 2.17. The van der Waals surface area contributed by atoms with Gasteiger partial charge in [0, 0.05) is 24.8 Å². The maximum atomic E-state index is 5.84. The van der Waals surface area contributed by atoms with Crippen LogP contribution in [0.4, 0.5) is 11.4 Å². The second-order valence-electron chi connectivity index (χ2n) is 7.03. The highest BCUT2D eigenvalue weighted by molar-refractivity contribution is 5.65. The van der Waals surface area contributed by atoms with Crippen LogP contribution in [0.25, 0.3) is 0 Å². The van der Waals surface area contributed by atoms with E-state index in [1.54, 1.807) is 0 Å². The van der Waals surface area contributed by atoms with Gasteiger partial charge in [0.05, 0.1) is 12.2 Å². The molecule has 25 heavy (non-hydrogen) atoms. The summed E-state index contributed by atoms with van der Waals surface area (Å²) in [6, 6.07) is 5.94. The standard InChI is InChI=1S/C20H36N4O/c1-3-4-5-6-12-23(2)13-7-10-22-11-14-24-15-16-25-20-17-18(21)8-9-19(20)24/h8-9,17,22H,3-7,10-16,21H2,1-2H3. The fourth-order valence-corrected chi connectivity index (χ4v) is 3.26. The van der Waals surface area contributed by atoms with Gasteiger partial charge >= 0.3 is 0 Å². The summed E-state index contributed by atoms with van der Waals surface area (Å²) in [6.07, 6.45) is 6.59. The Kier molecular flexibility index (Phi) is 8.91. The molecule has 0 saturated carbocycles. The van der Waals surface area contributed by atoms with E-state index in [4.69, 9.17) is 10.5 Å². The molecule has 142 valence electrons. The predicted octanol–water partition coefficient (Wildman–Crippen LogP) is 2.96. The van der Waals surface area contributed by atoms with E-state index in [0.29, 0.717) is 0 Å². The monoisotopic (exact) mass is 348 g/mol. The third-order valence-corrected chi connectivity index (χ3v) is 4.79. The summed E-state index contributed by atoms with van der Waals surface area (Å²) in [5, 5.41) is 3.57. The van der Waals surface area contributed by atoms with E-state index in [1.807, 2.05) is 12.1 Å². The molecule has 0 spiro atoms. The molecule has 1 aliphatic heterocycles. The van der Waals surface area contributed by atoms with Crippen molar-refractivity contribution in [3.63, 3.8) is 0 Å². The van der Waals surface area contributed by atoms with Crippen LogP contribution in [-0.4, -0.2) is 57.8 Å². The highest BCUT2D eigenvalue weighted by Crippen LogP contribution is 2.32. The summed E-state index contributed by atoms with van der Waals surface area (Å²) in [4.78, 5) is 4.84. The highest BCUT2D eigenvalue weighted by atomic mass is 16.5. The maximum absolute atomic E-state index is 5.84. The number of ether oxygens (including phenoxy) is 1. The van der Waals surface area contributed by atoms with Crippen molar-refractivity contribution in [2.45, 2.75) is 39.0 Å². The zero-order valence-corrected chi connectivity index (χ0v) is 16.1. The molecule has 0 unspecified atom stereocenters. The van der Waals surface area contributed by atoms with Crippen LogP contribution in [0, 0.1) is 0 Å². The molecule has 0 bridgehead atoms. The fraction of sp³-hybridized carbons (Fsp3) is 0.700. The van der Waals surface area contributed by atoms with Crippen molar-refractivity contribution < 1.29 is 4.74 Å². The largest absolute Gasteiger partial charge is 0.489 e. The predicted molar refractivity (Wildman–Crippen MR) is 108 cm³/mol. The number of hydrogen-bond donors (Lipinski definition) is 2. The van der Waals surface area contributed by atoms with E-state index >= 15 is 0 Å². The number of unbranched alkanes of at least 4 members (excludes halogenated alkanes) is 3. The molecule has 0 radical (unpaired) electrons. The lowest BCUT2D eigenvalue weighted by Crippen LogP contribution is -2.38. The lowest BCUT2D eigenvalue weighted by molar-refractivity contribution is 0.306. The first-order chi connectivity index (χ1) is 12.2. The number of nitrogen functional groups attached to an aromatic ring is 1. The van der Waals surface area contributed by atoms with Gasteiger partial charge in [0.2, 0.25) is 0 Å². The van der Waals surface area contributed by atoms with E-state index < -0.39 is 0 Å². The van der Waals surface area contributed by atoms with Gasteiger partial charge in [0.25, 0.3) is 0 Å². The Bertz CT molecular complexity index is 495. The summed E-state index contributed by atoms with van der Waals surface area (Å²) < 4.78 is 5.71. The smallest absolute Gasteiger partial charge is 0.144 e. The minimum absolute atomic E-state index is 0.735. The first kappa shape index (κ1) is 19.9. The van der Waals surface area contributed by atoms with Crippen LogP contribution in [-0.2, 0) is 0 Å². The lowest BCUT2D eigenvalue weighted by Gasteiger charge is -2.31. The molecule has 0 aliphatic carbocycles. The van der Waals surface area contributed by atoms with E-state index in [1.165, 1.54) is 45.2 Å². The lowest BCUT2D eigenvalue weighted by atomic mass is 10.2. The van der Waals surface area contributed by atoms with Gasteiger partial charge in [-0.3, -0.25) is 0 Å². The molecule has 1 heterocycles. The Labute approximate surface area is 153 Å². The van der Waals surface area contributed by atoms with E-state index in [-0.39, 0.29) is 0 Å². The van der Waals surface area contributed by atoms with Crippen molar-refractivity contribution in [3.8, 4) is 5.75 Å². The molecule has 1 aromatic carbocycles. The Morgan fingerprint density at radius 3 is 2.84 bits per heavy atom. The number of rotatable bonds is 12. The van der Waals surface area contributed by atoms with Gasteiger partial charge in [0.1, 0.15) is 12.4 Å². The van der Waals surface area contributed by atoms with Crippen molar-refractivity contribution in [1.82, 2.24) is 10.2 Å². The van der Waals surface area contributed by atoms with Crippen molar-refractivity contribution in [1.29, 1.82) is 0 Å². The molecule has 5 nitrogen and oxygen atoms in total. The normalized spacial score (nSPS) is 13.8. The second kappa shape index (κ2) is 11.2. The minimum Gasteiger partial charge on any atom is -0.489 e. The summed E-state index contributed by atoms with van der Waals surface area (Å²) in [7, 11) is 2.24. The van der Waals surface area contributed by atoms with Crippen LogP contribution in [0.2, 0.25) is 0 Å². The number of nitrogens with zero attached hydrogens (tertiary/aromatic N) is 2. The van der Waals surface area contributed by atoms with Crippen LogP contribution in [0.5, 0.6) is 5.75 Å². The van der Waals surface area contributed by atoms with Crippen LogP contribution < -0.4 is 20.7 Å². The molecule has 3 N–H and O–H groups in total. The van der Waals surface area contributed by atoms with Gasteiger partial charge in [-0.2, -0.15) is 0 Å². The first-order valence-electron chi connectivity index (χ1n) is 9.87. The zero-order valence-electron chi connectivity index (χ0n) is 16.1. The Morgan fingerprint density at radius 2 is 2.00 bits per heavy atom. The summed E-state index contributed by atoms with van der Waals surface area (Å²) in [5.74, 6) is 0.913. The SMILES string of the molecule is CCCCCCN(C)CCCNCCN1CCOc2cc(N)ccc21. The average molecular weight is 349 g/mol. The topological polar surface area (TPSA) is 53.8 Å². The minimum atomic E-state index is 0.735. The van der Waals surface area contributed by atoms with Gasteiger partial charge in [-0.1, -0.05) is 26.2 Å². The molecular weight excluding hydrogens is 312 g/mol. The van der Waals surface area contributed by atoms with Gasteiger partial charge in [-0.05, 0) is 51.7 Å². The number of fused-ring (bicyclic) bond motifs is 1. The molecule has 0 atom stereocenters. The number of nitrogens with one attached hydrogen (secondary N) is 1. The number of anilines is 2. The van der Waals surface area contributed by atoms with Crippen molar-refractivity contribution in [2.24, 2.45) is 0 Å². The molecule has 1 aromatic rings. The Balaban J connectivity index is 1.55. The van der Waals surface area contributed by atoms with Gasteiger partial charge in [-0.25, -0.2) is 0 Å². The van der Waals surface area contributed by atoms with Crippen LogP contribution >= 0.6 is 0 Å². The van der Waals surface area contributed by atoms with Gasteiger partial charge in [0.15, 0.2) is 0 Å². The van der Waals surface area contributed by atoms with Gasteiger partial charge < -0.3 is 25.6 Å². The number of nitrogens with two attached hydrogens (primary N) is 1. The van der Waals surface area contributed by atoms with Crippen LogP contribution in [0.15, 0.2) is 18.2 Å². The molecule has 0 amide bonds. The Morgan fingerprint density at radius 1 is 1.16 bits per heavy atom. The number of benzene rings is 1. The summed E-state index contributed by atoms with van der Waals surface area (Å²) in [5.41, 5.74) is 7.76. The third-order valence-electron chi connectivity index (χ3n) is 4.79. The number of hydrogen-bond acceptors (Lipinski definition) is 5. The quantitative estimate of drug-likeness (QED) is 0.449. The van der Waals surface area contributed by atoms with Gasteiger partial charge in [-0.15, -0.1) is 0 Å². The fourth-order valence-electron chi connectivity index (χ4n) is 3.26. The zero-order chi connectivity index (χ0) is 17.9. The average Bonchev–Trinajstić information content (AvgIpc) is 2.61. The summed E-state index contributed by atoms with van der Waals surface area (Å²) in [6.45, 7) is 9.45. The van der Waals surface area contributed by atoms with Crippen molar-refractivity contribution >= 4 is 11.4 Å². The molecule has 0 fully saturated rings. The maximum Gasteiger partial charge on any atom is 0.144 e. The first-order valence-corrected chi connectivity index (χ1v) is 9.87. The van der Waals surface area contributed by atoms with E-state index in [2.05, 4.69) is 35.2 Å². The molecule has 1 aliphatic rings. The molecule has 2 rings (SSSR count). The molecule has 0 saturated heterocycles. The van der Waals surface area contributed by atoms with Crippen molar-refractivity contribution in [2.75, 3.05) is 63.6 Å². The van der Waals surface area contributed by atoms with E-state index in [0.717, 1.165) is 49.9 Å². The third kappa shape index (κ3) is 7.12. The van der Waals surface area contributed by atoms with E-state index in [9.17, 15) is 0 Å². The molecule has 5 heteroatoms. The summed E-state index contributed by atoms with van der Waals surface area (Å²) >= 11 is 0. The van der Waals surface area contributed by atoms with Crippen LogP contribution in [0.1, 0.15) is 39.0 Å². The molecule has 0 aromatic heterocycles. The molecular formula is C20H36N4O. The van der Waals surface area contributed by atoms with Crippen LogP contribution in [0.3, 0.4) is 0 Å².